The van der Waals surface area contributed by atoms with Crippen LogP contribution in [-0.2, 0) is 14.3 Å². The number of esters is 1. The van der Waals surface area contributed by atoms with Gasteiger partial charge in [0.1, 0.15) is 12.4 Å². The first-order valence-corrected chi connectivity index (χ1v) is 8.59. The first kappa shape index (κ1) is 16.8. The molecular formula is C20H15ClFNO3. The lowest BCUT2D eigenvalue weighted by atomic mass is 9.83. The van der Waals surface area contributed by atoms with Gasteiger partial charge in [0, 0.05) is 28.6 Å². The van der Waals surface area contributed by atoms with Crippen LogP contribution in [0.1, 0.15) is 23.5 Å². The van der Waals surface area contributed by atoms with Gasteiger partial charge in [-0.1, -0.05) is 29.8 Å². The summed E-state index contributed by atoms with van der Waals surface area (Å²) in [4.78, 5) is 26.8. The zero-order valence-corrected chi connectivity index (χ0v) is 14.7. The molecule has 2 aliphatic rings. The highest BCUT2D eigenvalue weighted by molar-refractivity contribution is 6.31. The van der Waals surface area contributed by atoms with Crippen LogP contribution in [0.3, 0.4) is 0 Å². The molecule has 6 heteroatoms. The summed E-state index contributed by atoms with van der Waals surface area (Å²) in [6, 6.07) is 11.8. The van der Waals surface area contributed by atoms with Crippen molar-refractivity contribution < 1.29 is 18.7 Å². The van der Waals surface area contributed by atoms with E-state index in [1.807, 2.05) is 25.1 Å². The van der Waals surface area contributed by atoms with Crippen LogP contribution in [0.15, 0.2) is 53.7 Å². The number of carbonyl (C=O) groups excluding carboxylic acids is 2. The Morgan fingerprint density at radius 1 is 1.19 bits per heavy atom. The SMILES string of the molecule is Cc1cccc(N2C(=O)C[C@@H](c3c(F)cccc3Cl)C3=C2COC3=O)c1. The molecule has 0 fully saturated rings. The predicted octanol–water partition coefficient (Wildman–Crippen LogP) is 4.12. The van der Waals surface area contributed by atoms with E-state index in [0.717, 1.165) is 5.56 Å². The lowest BCUT2D eigenvalue weighted by molar-refractivity contribution is -0.136. The average molecular weight is 372 g/mol. The van der Waals surface area contributed by atoms with E-state index in [9.17, 15) is 14.0 Å². The quantitative estimate of drug-likeness (QED) is 0.746. The second-order valence-electron chi connectivity index (χ2n) is 6.40. The first-order chi connectivity index (χ1) is 12.5. The van der Waals surface area contributed by atoms with E-state index in [1.165, 1.54) is 17.0 Å². The second-order valence-corrected chi connectivity index (χ2v) is 6.80. The van der Waals surface area contributed by atoms with E-state index in [1.54, 1.807) is 12.1 Å². The van der Waals surface area contributed by atoms with Gasteiger partial charge in [-0.2, -0.15) is 0 Å². The molecule has 0 saturated heterocycles. The summed E-state index contributed by atoms with van der Waals surface area (Å²) in [7, 11) is 0. The fourth-order valence-corrected chi connectivity index (χ4v) is 3.91. The van der Waals surface area contributed by atoms with Gasteiger partial charge < -0.3 is 4.74 Å². The molecule has 0 radical (unpaired) electrons. The summed E-state index contributed by atoms with van der Waals surface area (Å²) >= 11 is 6.18. The van der Waals surface area contributed by atoms with Gasteiger partial charge in [-0.3, -0.25) is 9.69 Å². The maximum atomic E-state index is 14.4. The van der Waals surface area contributed by atoms with Crippen LogP contribution in [-0.4, -0.2) is 18.5 Å². The Labute approximate surface area is 154 Å². The highest BCUT2D eigenvalue weighted by Gasteiger charge is 2.44. The summed E-state index contributed by atoms with van der Waals surface area (Å²) in [5, 5.41) is 0.193. The summed E-state index contributed by atoms with van der Waals surface area (Å²) < 4.78 is 19.6. The molecule has 1 amide bonds. The molecule has 0 saturated carbocycles. The predicted molar refractivity (Wildman–Crippen MR) is 95.4 cm³/mol. The number of aryl methyl sites for hydroxylation is 1. The third kappa shape index (κ3) is 2.59. The van der Waals surface area contributed by atoms with Crippen molar-refractivity contribution in [2.24, 2.45) is 0 Å². The first-order valence-electron chi connectivity index (χ1n) is 8.21. The van der Waals surface area contributed by atoms with Gasteiger partial charge in [0.25, 0.3) is 0 Å². The molecule has 0 aliphatic carbocycles. The van der Waals surface area contributed by atoms with Gasteiger partial charge in [-0.25, -0.2) is 9.18 Å². The molecule has 2 aromatic carbocycles. The minimum Gasteiger partial charge on any atom is -0.456 e. The van der Waals surface area contributed by atoms with E-state index < -0.39 is 17.7 Å². The van der Waals surface area contributed by atoms with Crippen molar-refractivity contribution >= 4 is 29.2 Å². The highest BCUT2D eigenvalue weighted by atomic mass is 35.5. The van der Waals surface area contributed by atoms with Crippen molar-refractivity contribution in [1.82, 2.24) is 0 Å². The molecule has 0 spiro atoms. The number of benzene rings is 2. The highest BCUT2D eigenvalue weighted by Crippen LogP contribution is 2.44. The van der Waals surface area contributed by atoms with E-state index in [0.29, 0.717) is 17.0 Å². The molecule has 2 aromatic rings. The Kier molecular flexibility index (Phi) is 4.04. The maximum absolute atomic E-state index is 14.4. The van der Waals surface area contributed by atoms with Gasteiger partial charge in [0.05, 0.1) is 11.3 Å². The van der Waals surface area contributed by atoms with Crippen LogP contribution in [0.5, 0.6) is 0 Å². The zero-order valence-electron chi connectivity index (χ0n) is 14.0. The summed E-state index contributed by atoms with van der Waals surface area (Å²) in [5.41, 5.74) is 2.58. The monoisotopic (exact) mass is 371 g/mol. The molecule has 0 aromatic heterocycles. The smallest absolute Gasteiger partial charge is 0.336 e. The number of ether oxygens (including phenoxy) is 1. The largest absolute Gasteiger partial charge is 0.456 e. The molecule has 4 rings (SSSR count). The molecular weight excluding hydrogens is 357 g/mol. The second kappa shape index (κ2) is 6.25. The molecule has 2 aliphatic heterocycles. The van der Waals surface area contributed by atoms with Crippen molar-refractivity contribution in [2.75, 3.05) is 11.5 Å². The number of rotatable bonds is 2. The summed E-state index contributed by atoms with van der Waals surface area (Å²) in [5.74, 6) is -2.04. The van der Waals surface area contributed by atoms with Crippen LogP contribution in [0.4, 0.5) is 10.1 Å². The van der Waals surface area contributed by atoms with Crippen molar-refractivity contribution in [1.29, 1.82) is 0 Å². The van der Waals surface area contributed by atoms with E-state index in [2.05, 4.69) is 0 Å². The molecule has 0 unspecified atom stereocenters. The minimum absolute atomic E-state index is 0.0174. The van der Waals surface area contributed by atoms with Crippen molar-refractivity contribution in [3.8, 4) is 0 Å². The number of amides is 1. The number of hydrogen-bond acceptors (Lipinski definition) is 3. The number of carbonyl (C=O) groups is 2. The third-order valence-corrected chi connectivity index (χ3v) is 5.05. The number of hydrogen-bond donors (Lipinski definition) is 0. The van der Waals surface area contributed by atoms with E-state index >= 15 is 0 Å². The van der Waals surface area contributed by atoms with Crippen molar-refractivity contribution in [3.05, 3.63) is 75.7 Å². The Morgan fingerprint density at radius 3 is 2.69 bits per heavy atom. The molecule has 26 heavy (non-hydrogen) atoms. The van der Waals surface area contributed by atoms with Gasteiger partial charge in [-0.05, 0) is 36.8 Å². The van der Waals surface area contributed by atoms with Crippen LogP contribution >= 0.6 is 11.6 Å². The number of halogens is 2. The normalized spacial score (nSPS) is 19.7. The van der Waals surface area contributed by atoms with Gasteiger partial charge >= 0.3 is 5.97 Å². The molecule has 132 valence electrons. The number of anilines is 1. The van der Waals surface area contributed by atoms with Gasteiger partial charge in [0.15, 0.2) is 0 Å². The number of cyclic esters (lactones) is 1. The van der Waals surface area contributed by atoms with Crippen LogP contribution < -0.4 is 4.90 Å². The fraction of sp³-hybridized carbons (Fsp3) is 0.200. The van der Waals surface area contributed by atoms with E-state index in [4.69, 9.17) is 16.3 Å². The van der Waals surface area contributed by atoms with E-state index in [-0.39, 0.29) is 29.5 Å². The Bertz CT molecular complexity index is 949. The fourth-order valence-electron chi connectivity index (χ4n) is 3.61. The van der Waals surface area contributed by atoms with Crippen molar-refractivity contribution in [2.45, 2.75) is 19.3 Å². The average Bonchev–Trinajstić information content (AvgIpc) is 2.96. The topological polar surface area (TPSA) is 46.6 Å². The lowest BCUT2D eigenvalue weighted by Gasteiger charge is -2.32. The maximum Gasteiger partial charge on any atom is 0.336 e. The Morgan fingerprint density at radius 2 is 1.96 bits per heavy atom. The molecule has 4 nitrogen and oxygen atoms in total. The van der Waals surface area contributed by atoms with Gasteiger partial charge in [-0.15, -0.1) is 0 Å². The third-order valence-electron chi connectivity index (χ3n) is 4.73. The van der Waals surface area contributed by atoms with Crippen LogP contribution in [0.25, 0.3) is 0 Å². The molecule has 0 N–H and O–H groups in total. The van der Waals surface area contributed by atoms with Crippen LogP contribution in [0.2, 0.25) is 5.02 Å². The summed E-state index contributed by atoms with van der Waals surface area (Å²) in [6.45, 7) is 1.90. The molecule has 1 atom stereocenters. The Hall–Kier alpha value is -2.66. The van der Waals surface area contributed by atoms with Crippen LogP contribution in [0, 0.1) is 12.7 Å². The lowest BCUT2D eigenvalue weighted by Crippen LogP contribution is -2.37. The van der Waals surface area contributed by atoms with Gasteiger partial charge in [0.2, 0.25) is 5.91 Å². The summed E-state index contributed by atoms with van der Waals surface area (Å²) in [6.07, 6.45) is -0.0530. The van der Waals surface area contributed by atoms with Crippen molar-refractivity contribution in [3.63, 3.8) is 0 Å². The number of nitrogens with zero attached hydrogens (tertiary/aromatic N) is 1. The minimum atomic E-state index is -0.748. The molecule has 2 heterocycles. The standard InChI is InChI=1S/C20H15ClFNO3/c1-11-4-2-5-12(8-11)23-16-10-26-20(25)19(16)13(9-17(23)24)18-14(21)6-3-7-15(18)22/h2-8,13H,9-10H2,1H3/t13-/m0/s1. The molecule has 0 bridgehead atoms. The zero-order chi connectivity index (χ0) is 18.4. The Balaban J connectivity index is 1.89.